The van der Waals surface area contributed by atoms with Gasteiger partial charge in [-0.2, -0.15) is 0 Å². The Morgan fingerprint density at radius 3 is 2.65 bits per heavy atom. The lowest BCUT2D eigenvalue weighted by molar-refractivity contribution is 0.613. The minimum absolute atomic E-state index is 0.150. The van der Waals surface area contributed by atoms with Gasteiger partial charge >= 0.3 is 0 Å². The molecule has 26 heavy (non-hydrogen) atoms. The molecule has 0 spiro atoms. The molecular weight excluding hydrogens is 327 g/mol. The summed E-state index contributed by atoms with van der Waals surface area (Å²) in [5, 5.41) is 0. The van der Waals surface area contributed by atoms with Crippen molar-refractivity contribution in [3.8, 4) is 0 Å². The molecule has 0 aliphatic rings. The Bertz CT molecular complexity index is 1110. The lowest BCUT2D eigenvalue weighted by Gasteiger charge is -2.12. The summed E-state index contributed by atoms with van der Waals surface area (Å²) >= 11 is 0. The molecule has 134 valence electrons. The highest BCUT2D eigenvalue weighted by Gasteiger charge is 2.15. The summed E-state index contributed by atoms with van der Waals surface area (Å²) in [7, 11) is 3.96. The van der Waals surface area contributed by atoms with Crippen LogP contribution in [0.4, 0.5) is 4.39 Å². The molecular formula is C21H23FN4. The number of rotatable bonds is 4. The van der Waals surface area contributed by atoms with Gasteiger partial charge in [-0.15, -0.1) is 0 Å². The topological polar surface area (TPSA) is 35.6 Å². The van der Waals surface area contributed by atoms with E-state index in [0.717, 1.165) is 39.9 Å². The average molecular weight is 350 g/mol. The van der Waals surface area contributed by atoms with Crippen LogP contribution in [0.1, 0.15) is 36.7 Å². The van der Waals surface area contributed by atoms with E-state index in [1.165, 1.54) is 5.56 Å². The van der Waals surface area contributed by atoms with Gasteiger partial charge in [-0.05, 0) is 41.7 Å². The van der Waals surface area contributed by atoms with Crippen LogP contribution in [0.15, 0.2) is 36.7 Å². The number of nitrogens with zero attached hydrogens (tertiary/aromatic N) is 4. The van der Waals surface area contributed by atoms with Crippen LogP contribution < -0.4 is 0 Å². The van der Waals surface area contributed by atoms with Gasteiger partial charge in [0.25, 0.3) is 0 Å². The van der Waals surface area contributed by atoms with Crippen molar-refractivity contribution in [2.24, 2.45) is 14.1 Å². The number of imidazole rings is 2. The molecule has 0 amide bonds. The predicted octanol–water partition coefficient (Wildman–Crippen LogP) is 4.51. The summed E-state index contributed by atoms with van der Waals surface area (Å²) in [6.45, 7) is 4.16. The Kier molecular flexibility index (Phi) is 4.02. The molecule has 2 aromatic heterocycles. The van der Waals surface area contributed by atoms with Crippen molar-refractivity contribution < 1.29 is 4.39 Å². The van der Waals surface area contributed by atoms with Gasteiger partial charge in [-0.25, -0.2) is 14.4 Å². The minimum atomic E-state index is -0.150. The van der Waals surface area contributed by atoms with Gasteiger partial charge < -0.3 is 9.13 Å². The summed E-state index contributed by atoms with van der Waals surface area (Å²) in [6.07, 6.45) is 3.31. The van der Waals surface area contributed by atoms with E-state index in [1.54, 1.807) is 6.07 Å². The molecule has 0 radical (unpaired) electrons. The van der Waals surface area contributed by atoms with Crippen molar-refractivity contribution in [2.75, 3.05) is 0 Å². The molecule has 0 saturated carbocycles. The van der Waals surface area contributed by atoms with Crippen molar-refractivity contribution in [2.45, 2.75) is 32.6 Å². The molecule has 4 rings (SSSR count). The van der Waals surface area contributed by atoms with Crippen molar-refractivity contribution in [1.82, 2.24) is 19.1 Å². The van der Waals surface area contributed by atoms with Gasteiger partial charge in [0.1, 0.15) is 11.6 Å². The summed E-state index contributed by atoms with van der Waals surface area (Å²) in [5.41, 5.74) is 5.82. The molecule has 1 unspecified atom stereocenters. The maximum Gasteiger partial charge on any atom is 0.128 e. The number of hydrogen-bond acceptors (Lipinski definition) is 2. The average Bonchev–Trinajstić information content (AvgIpc) is 3.15. The highest BCUT2D eigenvalue weighted by atomic mass is 19.1. The van der Waals surface area contributed by atoms with Gasteiger partial charge in [0.2, 0.25) is 0 Å². The Balaban J connectivity index is 1.67. The molecule has 0 N–H and O–H groups in total. The molecule has 0 saturated heterocycles. The third-order valence-electron chi connectivity index (χ3n) is 5.33. The van der Waals surface area contributed by atoms with Crippen LogP contribution in [0.5, 0.6) is 0 Å². The van der Waals surface area contributed by atoms with E-state index in [2.05, 4.69) is 30.1 Å². The summed E-state index contributed by atoms with van der Waals surface area (Å²) in [6, 6.07) is 9.91. The number of hydrogen-bond donors (Lipinski definition) is 0. The second-order valence-corrected chi connectivity index (χ2v) is 7.08. The number of halogens is 1. The number of aromatic nitrogens is 4. The Labute approximate surface area is 152 Å². The quantitative estimate of drug-likeness (QED) is 0.543. The third kappa shape index (κ3) is 2.68. The number of fused-ring (bicyclic) bond motifs is 2. The first-order valence-corrected chi connectivity index (χ1v) is 9.02. The molecule has 2 heterocycles. The maximum atomic E-state index is 14.1. The fraction of sp³-hybridized carbons (Fsp3) is 0.333. The zero-order chi connectivity index (χ0) is 18.4. The zero-order valence-corrected chi connectivity index (χ0v) is 15.6. The molecule has 0 bridgehead atoms. The van der Waals surface area contributed by atoms with E-state index in [9.17, 15) is 4.39 Å². The third-order valence-corrected chi connectivity index (χ3v) is 5.33. The molecule has 1 atom stereocenters. The molecule has 2 aromatic carbocycles. The monoisotopic (exact) mass is 350 g/mol. The molecule has 0 fully saturated rings. The SMILES string of the molecule is CCc1cc2nc(CC(C)c3ccc4c(c3)ncn4C)n(C)c2cc1F. The first-order valence-electron chi connectivity index (χ1n) is 9.02. The first kappa shape index (κ1) is 16.8. The zero-order valence-electron chi connectivity index (χ0n) is 15.6. The standard InChI is InChI=1S/C21H23FN4/c1-5-14-9-18-20(11-16(14)22)26(4)21(24-18)8-13(2)15-6-7-19-17(10-15)23-12-25(19)3/h6-7,9-13H,5,8H2,1-4H3. The summed E-state index contributed by atoms with van der Waals surface area (Å²) < 4.78 is 18.2. The van der Waals surface area contributed by atoms with E-state index in [1.807, 2.05) is 42.5 Å². The van der Waals surface area contributed by atoms with Crippen LogP contribution in [0, 0.1) is 5.82 Å². The molecule has 0 aliphatic carbocycles. The van der Waals surface area contributed by atoms with E-state index in [0.29, 0.717) is 12.3 Å². The van der Waals surface area contributed by atoms with Gasteiger partial charge in [-0.1, -0.05) is 19.9 Å². The van der Waals surface area contributed by atoms with Gasteiger partial charge in [0.05, 0.1) is 28.4 Å². The van der Waals surface area contributed by atoms with Gasteiger partial charge in [0, 0.05) is 26.6 Å². The number of benzene rings is 2. The Hall–Kier alpha value is -2.69. The van der Waals surface area contributed by atoms with Crippen molar-refractivity contribution in [3.63, 3.8) is 0 Å². The second-order valence-electron chi connectivity index (χ2n) is 7.08. The summed E-state index contributed by atoms with van der Waals surface area (Å²) in [4.78, 5) is 9.22. The fourth-order valence-electron chi connectivity index (χ4n) is 3.61. The van der Waals surface area contributed by atoms with Crippen LogP contribution in [-0.4, -0.2) is 19.1 Å². The van der Waals surface area contributed by atoms with Crippen molar-refractivity contribution in [1.29, 1.82) is 0 Å². The second kappa shape index (κ2) is 6.24. The maximum absolute atomic E-state index is 14.1. The van der Waals surface area contributed by atoms with Gasteiger partial charge in [0.15, 0.2) is 0 Å². The lowest BCUT2D eigenvalue weighted by atomic mass is 9.97. The van der Waals surface area contributed by atoms with E-state index >= 15 is 0 Å². The summed E-state index contributed by atoms with van der Waals surface area (Å²) in [5.74, 6) is 1.12. The van der Waals surface area contributed by atoms with Crippen LogP contribution in [0.25, 0.3) is 22.1 Å². The fourth-order valence-corrected chi connectivity index (χ4v) is 3.61. The van der Waals surface area contributed by atoms with E-state index in [4.69, 9.17) is 4.98 Å². The predicted molar refractivity (Wildman–Crippen MR) is 103 cm³/mol. The highest BCUT2D eigenvalue weighted by Crippen LogP contribution is 2.26. The number of aryl methyl sites for hydroxylation is 3. The molecule has 4 nitrogen and oxygen atoms in total. The van der Waals surface area contributed by atoms with Crippen LogP contribution in [-0.2, 0) is 26.9 Å². The Morgan fingerprint density at radius 1 is 1.08 bits per heavy atom. The highest BCUT2D eigenvalue weighted by molar-refractivity contribution is 5.77. The van der Waals surface area contributed by atoms with Crippen LogP contribution in [0.3, 0.4) is 0 Å². The molecule has 5 heteroatoms. The van der Waals surface area contributed by atoms with Crippen molar-refractivity contribution in [3.05, 3.63) is 59.4 Å². The van der Waals surface area contributed by atoms with E-state index < -0.39 is 0 Å². The van der Waals surface area contributed by atoms with Crippen molar-refractivity contribution >= 4 is 22.1 Å². The van der Waals surface area contributed by atoms with Gasteiger partial charge in [-0.3, -0.25) is 0 Å². The van der Waals surface area contributed by atoms with Crippen LogP contribution in [0.2, 0.25) is 0 Å². The smallest absolute Gasteiger partial charge is 0.128 e. The normalized spacial score (nSPS) is 13.0. The molecule has 0 aliphatic heterocycles. The minimum Gasteiger partial charge on any atom is -0.334 e. The Morgan fingerprint density at radius 2 is 1.88 bits per heavy atom. The lowest BCUT2D eigenvalue weighted by Crippen LogP contribution is -2.05. The van der Waals surface area contributed by atoms with Crippen LogP contribution >= 0.6 is 0 Å². The first-order chi connectivity index (χ1) is 12.5. The molecule has 4 aromatic rings. The largest absolute Gasteiger partial charge is 0.334 e. The van der Waals surface area contributed by atoms with E-state index in [-0.39, 0.29) is 5.82 Å².